The van der Waals surface area contributed by atoms with Crippen LogP contribution < -0.4 is 5.32 Å². The van der Waals surface area contributed by atoms with Gasteiger partial charge >= 0.3 is 5.97 Å². The van der Waals surface area contributed by atoms with Crippen molar-refractivity contribution in [2.24, 2.45) is 0 Å². The molecule has 7 nitrogen and oxygen atoms in total. The van der Waals surface area contributed by atoms with Gasteiger partial charge in [-0.1, -0.05) is 30.3 Å². The van der Waals surface area contributed by atoms with Crippen LogP contribution in [0.15, 0.2) is 59.9 Å². The summed E-state index contributed by atoms with van der Waals surface area (Å²) in [5, 5.41) is 2.66. The second-order valence-electron chi connectivity index (χ2n) is 9.27. The SMILES string of the molecule is CCOCC1=CC(OC)=C(c2ccc(C[C@H](NC(=O)c3c(F)cccc3I)C(=O)OCC)cc2)C(C)(OC)C1. The molecular weight excluding hydrogens is 616 g/mol. The first-order chi connectivity index (χ1) is 18.7. The third kappa shape index (κ3) is 7.46. The van der Waals surface area contributed by atoms with E-state index in [1.807, 2.05) is 66.8 Å². The van der Waals surface area contributed by atoms with Crippen LogP contribution in [0.3, 0.4) is 0 Å². The maximum absolute atomic E-state index is 14.4. The minimum atomic E-state index is -0.990. The van der Waals surface area contributed by atoms with Crippen LogP contribution in [-0.4, -0.2) is 57.6 Å². The summed E-state index contributed by atoms with van der Waals surface area (Å²) in [7, 11) is 3.30. The average molecular weight is 652 g/mol. The number of rotatable bonds is 12. The minimum absolute atomic E-state index is 0.102. The standard InChI is InChI=1S/C30H35FINO6/c1-6-38-18-20-16-25(36-4)27(30(3,17-20)37-5)21-13-11-19(12-14-21)15-24(29(35)39-7-2)33-28(34)26-22(31)9-8-10-23(26)32/h8-14,16,24H,6-7,15,17-18H2,1-5H3,(H,33,34)/t24-,30?/m0/s1. The van der Waals surface area contributed by atoms with E-state index in [1.54, 1.807) is 27.2 Å². The zero-order valence-corrected chi connectivity index (χ0v) is 25.1. The van der Waals surface area contributed by atoms with Crippen LogP contribution in [0.4, 0.5) is 4.39 Å². The van der Waals surface area contributed by atoms with E-state index >= 15 is 0 Å². The quantitative estimate of drug-likeness (QED) is 0.243. The van der Waals surface area contributed by atoms with Gasteiger partial charge in [-0.3, -0.25) is 4.79 Å². The van der Waals surface area contributed by atoms with E-state index in [4.69, 9.17) is 18.9 Å². The lowest BCUT2D eigenvalue weighted by Crippen LogP contribution is -2.44. The van der Waals surface area contributed by atoms with E-state index in [0.29, 0.717) is 29.0 Å². The van der Waals surface area contributed by atoms with Gasteiger partial charge in [-0.2, -0.15) is 0 Å². The Hall–Kier alpha value is -2.76. The number of carbonyl (C=O) groups is 2. The lowest BCUT2D eigenvalue weighted by Gasteiger charge is -2.36. The molecule has 0 saturated carbocycles. The zero-order chi connectivity index (χ0) is 28.6. The molecular formula is C30H35FINO6. The molecule has 0 heterocycles. The number of allylic oxidation sites excluding steroid dienone is 1. The number of halogens is 2. The molecule has 9 heteroatoms. The van der Waals surface area contributed by atoms with E-state index < -0.39 is 29.3 Å². The van der Waals surface area contributed by atoms with Crippen LogP contribution in [0.5, 0.6) is 0 Å². The first-order valence-corrected chi connectivity index (χ1v) is 13.9. The molecule has 0 fully saturated rings. The van der Waals surface area contributed by atoms with Gasteiger partial charge in [0.25, 0.3) is 5.91 Å². The maximum Gasteiger partial charge on any atom is 0.328 e. The van der Waals surface area contributed by atoms with Crippen molar-refractivity contribution in [3.05, 3.63) is 86.0 Å². The summed E-state index contributed by atoms with van der Waals surface area (Å²) < 4.78 is 37.3. The summed E-state index contributed by atoms with van der Waals surface area (Å²) >= 11 is 1.90. The summed E-state index contributed by atoms with van der Waals surface area (Å²) in [6.07, 6.45) is 2.82. The van der Waals surface area contributed by atoms with Crippen LogP contribution in [0.2, 0.25) is 0 Å². The molecule has 0 bridgehead atoms. The van der Waals surface area contributed by atoms with Crippen molar-refractivity contribution in [1.29, 1.82) is 0 Å². The molecule has 1 aliphatic rings. The van der Waals surface area contributed by atoms with Gasteiger partial charge in [0, 0.05) is 35.7 Å². The fraction of sp³-hybridized carbons (Fsp3) is 0.400. The molecule has 39 heavy (non-hydrogen) atoms. The number of carbonyl (C=O) groups excluding carboxylic acids is 2. The normalized spacial score (nSPS) is 17.9. The number of methoxy groups -OCH3 is 2. The fourth-order valence-corrected chi connectivity index (χ4v) is 5.33. The van der Waals surface area contributed by atoms with Gasteiger partial charge in [-0.05, 0) is 78.3 Å². The fourth-order valence-electron chi connectivity index (χ4n) is 4.62. The van der Waals surface area contributed by atoms with Crippen LogP contribution in [0.1, 0.15) is 48.7 Å². The molecule has 0 spiro atoms. The second-order valence-corrected chi connectivity index (χ2v) is 10.4. The lowest BCUT2D eigenvalue weighted by molar-refractivity contribution is -0.145. The summed E-state index contributed by atoms with van der Waals surface area (Å²) in [6.45, 7) is 6.94. The maximum atomic E-state index is 14.4. The van der Waals surface area contributed by atoms with Crippen molar-refractivity contribution in [1.82, 2.24) is 5.32 Å². The number of nitrogens with one attached hydrogen (secondary N) is 1. The van der Waals surface area contributed by atoms with E-state index in [9.17, 15) is 14.0 Å². The zero-order valence-electron chi connectivity index (χ0n) is 22.9. The highest BCUT2D eigenvalue weighted by molar-refractivity contribution is 14.1. The topological polar surface area (TPSA) is 83.1 Å². The highest BCUT2D eigenvalue weighted by Gasteiger charge is 2.37. The average Bonchev–Trinajstić information content (AvgIpc) is 2.91. The van der Waals surface area contributed by atoms with Crippen LogP contribution in [0.25, 0.3) is 5.57 Å². The monoisotopic (exact) mass is 651 g/mol. The Kier molecular flexibility index (Phi) is 11.1. The Balaban J connectivity index is 1.88. The highest BCUT2D eigenvalue weighted by Crippen LogP contribution is 2.42. The molecule has 1 aliphatic carbocycles. The predicted molar refractivity (Wildman–Crippen MR) is 156 cm³/mol. The van der Waals surface area contributed by atoms with Gasteiger partial charge in [-0.25, -0.2) is 9.18 Å². The largest absolute Gasteiger partial charge is 0.496 e. The molecule has 2 atom stereocenters. The van der Waals surface area contributed by atoms with Crippen LogP contribution in [-0.2, 0) is 30.2 Å². The van der Waals surface area contributed by atoms with Crippen molar-refractivity contribution < 1.29 is 32.9 Å². The van der Waals surface area contributed by atoms with E-state index in [2.05, 4.69) is 5.32 Å². The van der Waals surface area contributed by atoms with Crippen molar-refractivity contribution in [2.45, 2.75) is 45.3 Å². The summed E-state index contributed by atoms with van der Waals surface area (Å²) in [5.74, 6) is -1.21. The Morgan fingerprint density at radius 3 is 2.41 bits per heavy atom. The van der Waals surface area contributed by atoms with Crippen LogP contribution in [0, 0.1) is 9.39 Å². The Labute approximate surface area is 242 Å². The smallest absolute Gasteiger partial charge is 0.328 e. The molecule has 1 unspecified atom stereocenters. The molecule has 2 aromatic rings. The van der Waals surface area contributed by atoms with E-state index in [-0.39, 0.29) is 18.6 Å². The Morgan fingerprint density at radius 2 is 1.82 bits per heavy atom. The van der Waals surface area contributed by atoms with Crippen molar-refractivity contribution in [3.8, 4) is 0 Å². The molecule has 3 rings (SSSR count). The minimum Gasteiger partial charge on any atom is -0.496 e. The second kappa shape index (κ2) is 14.0. The first-order valence-electron chi connectivity index (χ1n) is 12.8. The number of hydrogen-bond donors (Lipinski definition) is 1. The molecule has 1 amide bonds. The van der Waals surface area contributed by atoms with Gasteiger partial charge in [0.2, 0.25) is 0 Å². The number of hydrogen-bond acceptors (Lipinski definition) is 6. The molecule has 0 aliphatic heterocycles. The van der Waals surface area contributed by atoms with Gasteiger partial charge in [0.1, 0.15) is 17.6 Å². The lowest BCUT2D eigenvalue weighted by atomic mass is 9.79. The summed E-state index contributed by atoms with van der Waals surface area (Å²) in [6, 6.07) is 11.0. The molecule has 0 saturated heterocycles. The van der Waals surface area contributed by atoms with Gasteiger partial charge in [0.05, 0.1) is 31.5 Å². The molecule has 1 N–H and O–H groups in total. The summed E-state index contributed by atoms with van der Waals surface area (Å²) in [4.78, 5) is 25.6. The van der Waals surface area contributed by atoms with Gasteiger partial charge in [0.15, 0.2) is 0 Å². The van der Waals surface area contributed by atoms with Gasteiger partial charge < -0.3 is 24.3 Å². The summed E-state index contributed by atoms with van der Waals surface area (Å²) in [5.41, 5.74) is 2.95. The molecule has 210 valence electrons. The molecule has 0 aromatic heterocycles. The molecule has 2 aromatic carbocycles. The highest BCUT2D eigenvalue weighted by atomic mass is 127. The van der Waals surface area contributed by atoms with Crippen LogP contribution >= 0.6 is 22.6 Å². The van der Waals surface area contributed by atoms with Crippen molar-refractivity contribution >= 4 is 40.0 Å². The Morgan fingerprint density at radius 1 is 1.10 bits per heavy atom. The third-order valence-corrected chi connectivity index (χ3v) is 7.48. The number of amides is 1. The van der Waals surface area contributed by atoms with Crippen molar-refractivity contribution in [2.75, 3.05) is 34.0 Å². The van der Waals surface area contributed by atoms with E-state index in [1.165, 1.54) is 12.1 Å². The predicted octanol–water partition coefficient (Wildman–Crippen LogP) is 5.46. The van der Waals surface area contributed by atoms with Crippen molar-refractivity contribution in [3.63, 3.8) is 0 Å². The Bertz CT molecular complexity index is 1220. The number of esters is 1. The molecule has 0 radical (unpaired) electrons. The first kappa shape index (κ1) is 30.8. The third-order valence-electron chi connectivity index (χ3n) is 6.59. The number of benzene rings is 2. The van der Waals surface area contributed by atoms with Gasteiger partial charge in [-0.15, -0.1) is 0 Å². The van der Waals surface area contributed by atoms with E-state index in [0.717, 1.165) is 22.3 Å². The number of ether oxygens (including phenoxy) is 4.